The van der Waals surface area contributed by atoms with Crippen molar-refractivity contribution in [2.45, 2.75) is 19.6 Å². The van der Waals surface area contributed by atoms with Crippen molar-refractivity contribution in [3.8, 4) is 5.75 Å². The number of aliphatic carboxylic acids is 1. The molecule has 0 unspecified atom stereocenters. The number of aryl methyl sites for hydroxylation is 1. The number of rotatable bonds is 8. The van der Waals surface area contributed by atoms with Crippen molar-refractivity contribution in [2.75, 3.05) is 0 Å². The Hall–Kier alpha value is -4.06. The summed E-state index contributed by atoms with van der Waals surface area (Å²) < 4.78 is 9.35. The van der Waals surface area contributed by atoms with Gasteiger partial charge >= 0.3 is 5.97 Å². The minimum atomic E-state index is -1.01. The number of ether oxygens (including phenoxy) is 1. The van der Waals surface area contributed by atoms with Crippen LogP contribution in [0.1, 0.15) is 28.5 Å². The van der Waals surface area contributed by atoms with Crippen molar-refractivity contribution in [1.29, 1.82) is 0 Å². The monoisotopic (exact) mass is 428 g/mol. The lowest BCUT2D eigenvalue weighted by atomic mass is 10.1. The van der Waals surface area contributed by atoms with Gasteiger partial charge in [-0.2, -0.15) is 0 Å². The highest BCUT2D eigenvalue weighted by Gasteiger charge is 2.14. The number of hydrogen-bond acceptors (Lipinski definition) is 3. The maximum absolute atomic E-state index is 13.1. The van der Waals surface area contributed by atoms with Crippen LogP contribution in [0.3, 0.4) is 0 Å². The van der Waals surface area contributed by atoms with Crippen LogP contribution < -0.4 is 4.74 Å². The normalized spacial score (nSPS) is 12.3. The van der Waals surface area contributed by atoms with Gasteiger partial charge in [0.2, 0.25) is 5.78 Å². The average Bonchev–Trinajstić information content (AvgIpc) is 3.40. The highest BCUT2D eigenvalue weighted by Crippen LogP contribution is 2.20. The lowest BCUT2D eigenvalue weighted by Crippen LogP contribution is -2.22. The van der Waals surface area contributed by atoms with E-state index in [1.807, 2.05) is 89.3 Å². The number of ketones is 1. The second-order valence-corrected chi connectivity index (χ2v) is 7.65. The molecular formula is C26H24N2O4. The summed E-state index contributed by atoms with van der Waals surface area (Å²) in [7, 11) is 1.98. The van der Waals surface area contributed by atoms with E-state index in [0.717, 1.165) is 16.5 Å². The summed E-state index contributed by atoms with van der Waals surface area (Å²) in [6.45, 7) is 2.02. The molecule has 0 radical (unpaired) electrons. The van der Waals surface area contributed by atoms with Crippen molar-refractivity contribution in [3.05, 3.63) is 96.0 Å². The molecular weight excluding hydrogens is 404 g/mol. The first-order valence-corrected chi connectivity index (χ1v) is 10.3. The minimum Gasteiger partial charge on any atom is -0.479 e. The van der Waals surface area contributed by atoms with Gasteiger partial charge in [0.1, 0.15) is 5.75 Å². The highest BCUT2D eigenvalue weighted by molar-refractivity contribution is 6.09. The lowest BCUT2D eigenvalue weighted by molar-refractivity contribution is -0.144. The number of benzene rings is 2. The molecule has 0 aliphatic carbocycles. The molecule has 2 aromatic carbocycles. The van der Waals surface area contributed by atoms with E-state index in [9.17, 15) is 9.59 Å². The van der Waals surface area contributed by atoms with E-state index in [1.54, 1.807) is 12.1 Å². The molecule has 0 bridgehead atoms. The van der Waals surface area contributed by atoms with Crippen molar-refractivity contribution < 1.29 is 19.4 Å². The molecule has 1 N–H and O–H groups in total. The van der Waals surface area contributed by atoms with Gasteiger partial charge in [0.25, 0.3) is 0 Å². The number of carbonyl (C=O) groups excluding carboxylic acids is 1. The molecule has 6 heteroatoms. The predicted octanol–water partition coefficient (Wildman–Crippen LogP) is 4.78. The van der Waals surface area contributed by atoms with Crippen LogP contribution >= 0.6 is 0 Å². The van der Waals surface area contributed by atoms with Crippen LogP contribution in [0.15, 0.2) is 79.1 Å². The summed E-state index contributed by atoms with van der Waals surface area (Å²) in [4.78, 5) is 24.1. The van der Waals surface area contributed by atoms with Gasteiger partial charge in [-0.1, -0.05) is 24.3 Å². The molecule has 2 aromatic heterocycles. The Morgan fingerprint density at radius 2 is 1.91 bits per heavy atom. The first kappa shape index (κ1) is 21.2. The summed E-state index contributed by atoms with van der Waals surface area (Å²) in [5.41, 5.74) is 3.25. The Morgan fingerprint density at radius 1 is 1.06 bits per heavy atom. The molecule has 0 saturated carbocycles. The van der Waals surface area contributed by atoms with Crippen molar-refractivity contribution >= 4 is 28.7 Å². The summed E-state index contributed by atoms with van der Waals surface area (Å²) in [6, 6.07) is 18.7. The molecule has 0 fully saturated rings. The van der Waals surface area contributed by atoms with E-state index in [-0.39, 0.29) is 5.78 Å². The molecule has 0 amide bonds. The van der Waals surface area contributed by atoms with Gasteiger partial charge < -0.3 is 19.0 Å². The van der Waals surface area contributed by atoms with Gasteiger partial charge in [-0.25, -0.2) is 4.79 Å². The first-order valence-electron chi connectivity index (χ1n) is 10.3. The van der Waals surface area contributed by atoms with Gasteiger partial charge in [-0.3, -0.25) is 4.79 Å². The van der Waals surface area contributed by atoms with Gasteiger partial charge in [0.05, 0.1) is 5.69 Å². The summed E-state index contributed by atoms with van der Waals surface area (Å²) >= 11 is 0. The Kier molecular flexibility index (Phi) is 5.94. The standard InChI is InChI=1S/C26H24N2O4/c1-18(26(30)31)32-22-8-3-6-19(16-22)7-4-13-28-14-5-9-24(28)25(29)21-10-11-23-20(17-21)12-15-27(23)2/h3-12,14-18H,13H2,1-2H3,(H,30,31)/b7-4+/t18-/m0/s1. The van der Waals surface area contributed by atoms with Crippen molar-refractivity contribution in [2.24, 2.45) is 7.05 Å². The van der Waals surface area contributed by atoms with Crippen LogP contribution in [0.4, 0.5) is 0 Å². The summed E-state index contributed by atoms with van der Waals surface area (Å²) in [5, 5.41) is 10.0. The predicted molar refractivity (Wildman–Crippen MR) is 124 cm³/mol. The number of carbonyl (C=O) groups is 2. The zero-order valence-electron chi connectivity index (χ0n) is 17.9. The second-order valence-electron chi connectivity index (χ2n) is 7.65. The van der Waals surface area contributed by atoms with Crippen molar-refractivity contribution in [3.63, 3.8) is 0 Å². The summed E-state index contributed by atoms with van der Waals surface area (Å²) in [5.74, 6) is -0.537. The maximum Gasteiger partial charge on any atom is 0.344 e. The molecule has 0 spiro atoms. The fourth-order valence-electron chi connectivity index (χ4n) is 3.60. The zero-order chi connectivity index (χ0) is 22.7. The molecule has 0 aliphatic heterocycles. The number of carboxylic acid groups (broad SMARTS) is 1. The fourth-order valence-corrected chi connectivity index (χ4v) is 3.60. The van der Waals surface area contributed by atoms with E-state index in [4.69, 9.17) is 9.84 Å². The molecule has 0 aliphatic rings. The Morgan fingerprint density at radius 3 is 2.72 bits per heavy atom. The Balaban J connectivity index is 1.47. The molecule has 4 aromatic rings. The molecule has 4 rings (SSSR count). The Bertz CT molecular complexity index is 1310. The van der Waals surface area contributed by atoms with E-state index in [1.165, 1.54) is 6.92 Å². The number of carboxylic acids is 1. The quantitative estimate of drug-likeness (QED) is 0.410. The third-order valence-electron chi connectivity index (χ3n) is 5.34. The third kappa shape index (κ3) is 4.49. The molecule has 162 valence electrons. The topological polar surface area (TPSA) is 73.5 Å². The van der Waals surface area contributed by atoms with E-state index in [0.29, 0.717) is 23.6 Å². The van der Waals surface area contributed by atoms with Gasteiger partial charge in [0.15, 0.2) is 6.10 Å². The van der Waals surface area contributed by atoms with Gasteiger partial charge in [-0.05, 0) is 61.0 Å². The number of aromatic nitrogens is 2. The molecule has 6 nitrogen and oxygen atoms in total. The third-order valence-corrected chi connectivity index (χ3v) is 5.34. The second kappa shape index (κ2) is 8.98. The lowest BCUT2D eigenvalue weighted by Gasteiger charge is -2.10. The smallest absolute Gasteiger partial charge is 0.344 e. The van der Waals surface area contributed by atoms with E-state index >= 15 is 0 Å². The molecule has 2 heterocycles. The Labute approximate surface area is 186 Å². The number of nitrogens with zero attached hydrogens (tertiary/aromatic N) is 2. The number of allylic oxidation sites excluding steroid dienone is 1. The number of hydrogen-bond donors (Lipinski definition) is 1. The molecule has 1 atom stereocenters. The van der Waals surface area contributed by atoms with Crippen LogP contribution in [0.5, 0.6) is 5.75 Å². The van der Waals surface area contributed by atoms with Gasteiger partial charge in [0, 0.05) is 42.5 Å². The van der Waals surface area contributed by atoms with Crippen LogP contribution in [0.25, 0.3) is 17.0 Å². The first-order chi connectivity index (χ1) is 15.4. The van der Waals surface area contributed by atoms with Crippen LogP contribution in [0.2, 0.25) is 0 Å². The summed E-state index contributed by atoms with van der Waals surface area (Å²) in [6.07, 6.45) is 6.82. The average molecular weight is 428 g/mol. The molecule has 32 heavy (non-hydrogen) atoms. The van der Waals surface area contributed by atoms with E-state index < -0.39 is 12.1 Å². The maximum atomic E-state index is 13.1. The van der Waals surface area contributed by atoms with Crippen LogP contribution in [-0.2, 0) is 18.4 Å². The molecule has 0 saturated heterocycles. The SMILES string of the molecule is C[C@H](Oc1cccc(/C=C/Cn2cccc2C(=O)c2ccc3c(ccn3C)c2)c1)C(=O)O. The van der Waals surface area contributed by atoms with Gasteiger partial charge in [-0.15, -0.1) is 0 Å². The minimum absolute atomic E-state index is 0.0211. The largest absolute Gasteiger partial charge is 0.479 e. The van der Waals surface area contributed by atoms with Crippen LogP contribution in [-0.4, -0.2) is 32.1 Å². The van der Waals surface area contributed by atoms with Crippen LogP contribution in [0, 0.1) is 0 Å². The van der Waals surface area contributed by atoms with E-state index in [2.05, 4.69) is 0 Å². The highest BCUT2D eigenvalue weighted by atomic mass is 16.5. The fraction of sp³-hybridized carbons (Fsp3) is 0.154. The van der Waals surface area contributed by atoms with Crippen molar-refractivity contribution in [1.82, 2.24) is 9.13 Å². The zero-order valence-corrected chi connectivity index (χ0v) is 17.9. The number of fused-ring (bicyclic) bond motifs is 1.